The van der Waals surface area contributed by atoms with Crippen molar-refractivity contribution in [2.75, 3.05) is 10.6 Å². The maximum Gasteiger partial charge on any atom is 0.490 e. The molecule has 16 heteroatoms. The lowest BCUT2D eigenvalue weighted by molar-refractivity contribution is -0.192. The second-order valence-electron chi connectivity index (χ2n) is 9.75. The minimum Gasteiger partial charge on any atom is -0.475 e. The number of anilines is 2. The predicted octanol–water partition coefficient (Wildman–Crippen LogP) is 4.57. The molecule has 44 heavy (non-hydrogen) atoms. The van der Waals surface area contributed by atoms with Crippen LogP contribution in [-0.4, -0.2) is 49.9 Å². The van der Waals surface area contributed by atoms with Gasteiger partial charge >= 0.3 is 18.2 Å². The lowest BCUT2D eigenvalue weighted by Gasteiger charge is -2.26. The Bertz CT molecular complexity index is 1620. The summed E-state index contributed by atoms with van der Waals surface area (Å²) in [5, 5.41) is 16.0. The van der Waals surface area contributed by atoms with Crippen LogP contribution in [0.25, 0.3) is 0 Å². The number of aliphatic carboxylic acids is 1. The Kier molecular flexibility index (Phi) is 9.89. The van der Waals surface area contributed by atoms with E-state index in [0.717, 1.165) is 22.5 Å². The van der Waals surface area contributed by atoms with E-state index >= 15 is 0 Å². The number of nitrogens with one attached hydrogen (secondary N) is 4. The number of hydrogen-bond donors (Lipinski definition) is 5. The molecule has 3 aromatic carbocycles. The monoisotopic (exact) mass is 654 g/mol. The van der Waals surface area contributed by atoms with Crippen molar-refractivity contribution in [1.82, 2.24) is 10.0 Å². The van der Waals surface area contributed by atoms with E-state index in [1.54, 1.807) is 18.2 Å². The maximum absolute atomic E-state index is 12.7. The van der Waals surface area contributed by atoms with Crippen LogP contribution in [0.3, 0.4) is 0 Å². The average molecular weight is 655 g/mol. The number of rotatable bonds is 7. The highest BCUT2D eigenvalue weighted by molar-refractivity contribution is 7.90. The van der Waals surface area contributed by atoms with Crippen LogP contribution in [-0.2, 0) is 37.4 Å². The van der Waals surface area contributed by atoms with Gasteiger partial charge in [-0.2, -0.15) is 13.2 Å². The molecular weight excluding hydrogens is 629 g/mol. The van der Waals surface area contributed by atoms with Crippen molar-refractivity contribution in [1.29, 1.82) is 0 Å². The number of ether oxygens (including phenoxy) is 1. The summed E-state index contributed by atoms with van der Waals surface area (Å²) in [6.07, 6.45) is -5.80. The number of benzene rings is 3. The van der Waals surface area contributed by atoms with Gasteiger partial charge in [0.25, 0.3) is 0 Å². The van der Waals surface area contributed by atoms with E-state index in [4.69, 9.17) is 26.2 Å². The molecule has 5 rings (SSSR count). The summed E-state index contributed by atoms with van der Waals surface area (Å²) in [5.74, 6) is -3.31. The van der Waals surface area contributed by atoms with Crippen LogP contribution >= 0.6 is 11.6 Å². The fourth-order valence-electron chi connectivity index (χ4n) is 4.51. The molecule has 1 unspecified atom stereocenters. The number of halogens is 4. The summed E-state index contributed by atoms with van der Waals surface area (Å²) in [6, 6.07) is 21.7. The average Bonchev–Trinajstić information content (AvgIpc) is 3.51. The number of hydrogen-bond acceptors (Lipinski definition) is 8. The summed E-state index contributed by atoms with van der Waals surface area (Å²) in [5.41, 5.74) is 3.83. The van der Waals surface area contributed by atoms with E-state index in [-0.39, 0.29) is 24.2 Å². The minimum absolute atomic E-state index is 0.133. The molecule has 0 spiro atoms. The van der Waals surface area contributed by atoms with E-state index in [1.165, 1.54) is 0 Å². The SMILES string of the molecule is O=C(O)C(F)(F)F.O=C1CC(c2ccc(C[C@H](NC(=O)OCc3ccccc3)C3Nc4ccccc4N3)cc2Cl)S(=O)(=O)N1. The predicted molar refractivity (Wildman–Crippen MR) is 154 cm³/mol. The fraction of sp³-hybridized carbons (Fsp3) is 0.250. The first-order chi connectivity index (χ1) is 20.7. The molecule has 3 aromatic rings. The quantitative estimate of drug-likeness (QED) is 0.246. The van der Waals surface area contributed by atoms with Gasteiger partial charge in [0.15, 0.2) is 0 Å². The first-order valence-electron chi connectivity index (χ1n) is 12.9. The molecule has 0 radical (unpaired) electrons. The van der Waals surface area contributed by atoms with Gasteiger partial charge in [0.1, 0.15) is 18.0 Å². The number of alkyl carbamates (subject to hydrolysis) is 1. The molecule has 1 fully saturated rings. The minimum atomic E-state index is -5.08. The first-order valence-corrected chi connectivity index (χ1v) is 14.9. The Morgan fingerprint density at radius 1 is 1.00 bits per heavy atom. The van der Waals surface area contributed by atoms with Crippen molar-refractivity contribution >= 4 is 51.0 Å². The molecule has 2 atom stereocenters. The normalized spacial score (nSPS) is 17.5. The molecule has 0 aliphatic carbocycles. The van der Waals surface area contributed by atoms with Gasteiger partial charge < -0.3 is 25.8 Å². The molecule has 0 saturated carbocycles. The second-order valence-corrected chi connectivity index (χ2v) is 12.0. The third-order valence-electron chi connectivity index (χ3n) is 6.58. The Morgan fingerprint density at radius 3 is 2.11 bits per heavy atom. The number of carboxylic acid groups (broad SMARTS) is 1. The lowest BCUT2D eigenvalue weighted by atomic mass is 10.0. The topological polar surface area (TPSA) is 163 Å². The molecule has 11 nitrogen and oxygen atoms in total. The van der Waals surface area contributed by atoms with E-state index in [0.29, 0.717) is 12.0 Å². The Hall–Kier alpha value is -4.50. The summed E-state index contributed by atoms with van der Waals surface area (Å²) in [6.45, 7) is 0.133. The highest BCUT2D eigenvalue weighted by Gasteiger charge is 2.39. The molecule has 2 aliphatic rings. The summed E-state index contributed by atoms with van der Waals surface area (Å²) in [4.78, 5) is 33.3. The molecule has 2 amide bonds. The fourth-order valence-corrected chi connectivity index (χ4v) is 6.37. The third kappa shape index (κ3) is 8.32. The number of amides is 2. The van der Waals surface area contributed by atoms with Crippen LogP contribution < -0.4 is 20.7 Å². The highest BCUT2D eigenvalue weighted by atomic mass is 35.5. The number of carbonyl (C=O) groups is 3. The Balaban J connectivity index is 0.000000566. The number of fused-ring (bicyclic) bond motifs is 1. The molecule has 234 valence electrons. The first kappa shape index (κ1) is 32.4. The lowest BCUT2D eigenvalue weighted by Crippen LogP contribution is -2.50. The zero-order valence-corrected chi connectivity index (χ0v) is 24.2. The number of sulfonamides is 1. The van der Waals surface area contributed by atoms with Gasteiger partial charge in [-0.15, -0.1) is 0 Å². The molecule has 0 bridgehead atoms. The molecule has 2 heterocycles. The number of carbonyl (C=O) groups excluding carboxylic acids is 2. The zero-order chi connectivity index (χ0) is 32.1. The second kappa shape index (κ2) is 13.4. The molecule has 0 aromatic heterocycles. The van der Waals surface area contributed by atoms with Crippen LogP contribution in [0.5, 0.6) is 0 Å². The van der Waals surface area contributed by atoms with Gasteiger partial charge in [-0.05, 0) is 41.3 Å². The molecule has 2 aliphatic heterocycles. The van der Waals surface area contributed by atoms with Crippen molar-refractivity contribution in [3.63, 3.8) is 0 Å². The summed E-state index contributed by atoms with van der Waals surface area (Å²) < 4.78 is 63.8. The van der Waals surface area contributed by atoms with Gasteiger partial charge in [-0.25, -0.2) is 18.0 Å². The van der Waals surface area contributed by atoms with Crippen LogP contribution in [0.15, 0.2) is 72.8 Å². The van der Waals surface area contributed by atoms with Gasteiger partial charge in [-0.1, -0.05) is 66.2 Å². The van der Waals surface area contributed by atoms with Crippen LogP contribution in [0.1, 0.15) is 28.4 Å². The van der Waals surface area contributed by atoms with Crippen molar-refractivity contribution in [2.45, 2.75) is 43.1 Å². The smallest absolute Gasteiger partial charge is 0.475 e. The zero-order valence-electron chi connectivity index (χ0n) is 22.6. The largest absolute Gasteiger partial charge is 0.490 e. The van der Waals surface area contributed by atoms with E-state index in [1.807, 2.05) is 59.3 Å². The van der Waals surface area contributed by atoms with Crippen LogP contribution in [0.2, 0.25) is 5.02 Å². The third-order valence-corrected chi connectivity index (χ3v) is 8.59. The Labute approximate surface area is 254 Å². The highest BCUT2D eigenvalue weighted by Crippen LogP contribution is 2.35. The molecular formula is C28H26ClF3N4O7S. The Morgan fingerprint density at radius 2 is 1.59 bits per heavy atom. The van der Waals surface area contributed by atoms with Gasteiger partial charge in [0, 0.05) is 5.02 Å². The summed E-state index contributed by atoms with van der Waals surface area (Å²) in [7, 11) is -3.81. The summed E-state index contributed by atoms with van der Waals surface area (Å²) >= 11 is 6.48. The maximum atomic E-state index is 12.7. The van der Waals surface area contributed by atoms with Gasteiger partial charge in [-0.3, -0.25) is 9.52 Å². The van der Waals surface area contributed by atoms with Gasteiger partial charge in [0.05, 0.1) is 23.8 Å². The van der Waals surface area contributed by atoms with E-state index in [2.05, 4.69) is 16.0 Å². The van der Waals surface area contributed by atoms with Crippen molar-refractivity contribution in [2.24, 2.45) is 0 Å². The molecule has 1 saturated heterocycles. The van der Waals surface area contributed by atoms with Crippen LogP contribution in [0, 0.1) is 0 Å². The van der Waals surface area contributed by atoms with Crippen molar-refractivity contribution in [3.8, 4) is 0 Å². The van der Waals surface area contributed by atoms with E-state index < -0.39 is 45.5 Å². The van der Waals surface area contributed by atoms with E-state index in [9.17, 15) is 31.2 Å². The standard InChI is InChI=1S/C26H25ClN4O5S.C2HF3O2/c27-19-12-17(10-11-18(19)23-14-24(32)31-37(23,34)35)13-22(25-28-20-8-4-5-9-21(20)29-25)30-26(33)36-15-16-6-2-1-3-7-16;3-2(4,5)1(6)7/h1-12,22-23,25,28-29H,13-15H2,(H,30,33)(H,31,32);(H,6,7)/t22-,23?;/m0./s1. The molecule has 5 N–H and O–H groups in total. The number of alkyl halides is 3. The van der Waals surface area contributed by atoms with Crippen LogP contribution in [0.4, 0.5) is 29.3 Å². The van der Waals surface area contributed by atoms with Crippen molar-refractivity contribution in [3.05, 3.63) is 94.5 Å². The van der Waals surface area contributed by atoms with Crippen molar-refractivity contribution < 1.29 is 45.8 Å². The number of para-hydroxylation sites is 2. The van der Waals surface area contributed by atoms with Gasteiger partial charge in [0.2, 0.25) is 15.9 Å². The number of carboxylic acids is 1.